The molecule has 12 heteroatoms. The molecule has 0 atom stereocenters. The molecule has 0 radical (unpaired) electrons. The van der Waals surface area contributed by atoms with Crippen molar-refractivity contribution in [3.63, 3.8) is 0 Å². The zero-order valence-corrected chi connectivity index (χ0v) is 72.8. The molecule has 1 aliphatic heterocycles. The maximum atomic E-state index is 12.4. The van der Waals surface area contributed by atoms with Crippen molar-refractivity contribution in [3.8, 4) is 81.2 Å². The van der Waals surface area contributed by atoms with E-state index in [1.807, 2.05) is 72.1 Å². The van der Waals surface area contributed by atoms with Gasteiger partial charge in [-0.15, -0.1) is 56.7 Å². The predicted octanol–water partition coefficient (Wildman–Crippen LogP) is 30.7. The SMILES string of the molecule is [C-]#[N+]/C(C#N)=C\c1ccc(-c2cc3sc4c(c3s2)C(C)(C)c2cc(N(c3ccc5c(c3)C(C)(C)c3ccccc3-5)c3ccc5c(c3)C(C)(C)c3ccccc3-5)ccc2-4)s1.[C-]#[N+]C1=C(/C=C/c2cc3sc4c(c3s2)C(C)(C)c2cc(N(c3ccc5c(c3)C(C)(C)c3ccccc3-5)c3ccc5c(c3)C(C)(C)c3ccccc3-5)ccc2-4)C(C)(C)OC1=O. The molecular formula is C107H83N5O2S5. The van der Waals surface area contributed by atoms with E-state index in [2.05, 4.69) is 327 Å². The zero-order chi connectivity index (χ0) is 82.3. The Hall–Kier alpha value is -12.0. The van der Waals surface area contributed by atoms with Crippen LogP contribution in [-0.2, 0) is 42.0 Å². The molecule has 6 aliphatic carbocycles. The van der Waals surface area contributed by atoms with Gasteiger partial charge in [-0.2, -0.15) is 0 Å². The first-order valence-corrected chi connectivity index (χ1v) is 44.7. The molecule has 10 aromatic carbocycles. The summed E-state index contributed by atoms with van der Waals surface area (Å²) in [6.07, 6.45) is 5.61. The van der Waals surface area contributed by atoms with Crippen molar-refractivity contribution >= 4 is 128 Å². The lowest BCUT2D eigenvalue weighted by Gasteiger charge is -2.31. The summed E-state index contributed by atoms with van der Waals surface area (Å²) in [6, 6.07) is 88.9. The molecule has 22 rings (SSSR count). The fourth-order valence-electron chi connectivity index (χ4n) is 20.8. The van der Waals surface area contributed by atoms with E-state index in [0.29, 0.717) is 5.57 Å². The number of anilines is 6. The first-order chi connectivity index (χ1) is 57.0. The average molecular weight is 1630 g/mol. The number of carbonyl (C=O) groups excluding carboxylic acids is 1. The van der Waals surface area contributed by atoms with Crippen LogP contribution in [0, 0.1) is 24.5 Å². The highest BCUT2D eigenvalue weighted by molar-refractivity contribution is 7.33. The highest BCUT2D eigenvalue weighted by atomic mass is 32.1. The standard InChI is InChI=1S/C54H44N2O2S2.C53H39N3S3/c1-51(2)39-16-12-10-14-34(39)36-22-18-30(26-42(36)51)56(31-19-23-37-35-15-11-13-17-40(35)52(3,4)43(37)27-31)32-20-24-38-44(28-32)53(5,6)46-48(38)60-45-29-33(59-49(45)46)21-25-41-47(55-9)50(57)58-54(41,7)8;1-51(2)40-14-10-8-12-35(40)37-20-16-31(25-42(37)51)56(32-17-21-38-36-13-9-11-15-41(36)52(3,4)43(38)26-32)33-18-22-39-44(27-33)53(5,6)48-49(39)59-47-28-46(58-50(47)48)45-23-19-34(57-45)24-30(29-54)55-7/h10-29H,1-8H3;8-28H,1-6H3/b25-21+;30-24-. The fraction of sp³-hybridized carbons (Fsp3) is 0.196. The molecule has 578 valence electrons. The van der Waals surface area contributed by atoms with Crippen LogP contribution in [0.2, 0.25) is 0 Å². The first-order valence-electron chi connectivity index (χ1n) is 40.7. The molecule has 0 saturated heterocycles. The van der Waals surface area contributed by atoms with E-state index in [9.17, 15) is 10.1 Å². The van der Waals surface area contributed by atoms with Crippen molar-refractivity contribution in [1.82, 2.24) is 0 Å². The summed E-state index contributed by atoms with van der Waals surface area (Å²) in [5.74, 6) is -0.548. The van der Waals surface area contributed by atoms with Crippen LogP contribution in [0.25, 0.3) is 116 Å². The number of esters is 1. The van der Waals surface area contributed by atoms with E-state index in [1.54, 1.807) is 28.7 Å². The van der Waals surface area contributed by atoms with Gasteiger partial charge in [-0.25, -0.2) is 15.0 Å². The van der Waals surface area contributed by atoms with Crippen LogP contribution < -0.4 is 9.80 Å². The number of nitrogens with zero attached hydrogens (tertiary/aromatic N) is 5. The van der Waals surface area contributed by atoms with Crippen molar-refractivity contribution in [1.29, 1.82) is 5.26 Å². The molecule has 0 unspecified atom stereocenters. The molecule has 7 nitrogen and oxygen atoms in total. The van der Waals surface area contributed by atoms with Crippen molar-refractivity contribution in [2.24, 2.45) is 0 Å². The first kappa shape index (κ1) is 74.5. The van der Waals surface area contributed by atoms with Gasteiger partial charge in [0, 0.05) is 111 Å². The maximum absolute atomic E-state index is 12.4. The summed E-state index contributed by atoms with van der Waals surface area (Å²) in [5, 5.41) is 9.29. The molecule has 7 aliphatic rings. The Bertz CT molecular complexity index is 7050. The third-order valence-electron chi connectivity index (χ3n) is 27.0. The highest BCUT2D eigenvalue weighted by Crippen LogP contribution is 2.63. The van der Waals surface area contributed by atoms with E-state index < -0.39 is 11.6 Å². The van der Waals surface area contributed by atoms with Crippen molar-refractivity contribution < 1.29 is 9.53 Å². The quantitative estimate of drug-likeness (QED) is 0.0775. The summed E-state index contributed by atoms with van der Waals surface area (Å²) >= 11 is 9.03. The number of benzene rings is 10. The van der Waals surface area contributed by atoms with E-state index in [-0.39, 0.29) is 43.9 Å². The number of allylic oxidation sites excluding steroid dienone is 1. The Morgan fingerprint density at radius 2 is 0.723 bits per heavy atom. The van der Waals surface area contributed by atoms with Gasteiger partial charge in [-0.3, -0.25) is 4.79 Å². The zero-order valence-electron chi connectivity index (χ0n) is 68.8. The van der Waals surface area contributed by atoms with Gasteiger partial charge in [0.1, 0.15) is 5.60 Å². The number of rotatable bonds is 10. The molecule has 0 bridgehead atoms. The smallest absolute Gasteiger partial charge is 0.337 e. The van der Waals surface area contributed by atoms with E-state index in [4.69, 9.17) is 17.9 Å². The molecule has 0 saturated carbocycles. The molecule has 15 aromatic rings. The summed E-state index contributed by atoms with van der Waals surface area (Å²) in [4.78, 5) is 31.3. The molecule has 0 N–H and O–H groups in total. The van der Waals surface area contributed by atoms with Crippen LogP contribution in [0.1, 0.15) is 173 Å². The van der Waals surface area contributed by atoms with Crippen LogP contribution in [0.15, 0.2) is 254 Å². The lowest BCUT2D eigenvalue weighted by atomic mass is 9.81. The Morgan fingerprint density at radius 1 is 0.370 bits per heavy atom. The number of ether oxygens (including phenoxy) is 1. The third-order valence-corrected chi connectivity index (χ3v) is 33.1. The number of cyclic esters (lactones) is 1. The van der Waals surface area contributed by atoms with Crippen LogP contribution in [0.4, 0.5) is 34.1 Å². The molecule has 0 amide bonds. The molecule has 0 fully saturated rings. The van der Waals surface area contributed by atoms with Crippen molar-refractivity contribution in [2.45, 2.75) is 135 Å². The Kier molecular flexibility index (Phi) is 16.3. The van der Waals surface area contributed by atoms with Crippen LogP contribution in [0.5, 0.6) is 0 Å². The fourth-order valence-corrected chi connectivity index (χ4v) is 27.8. The second-order valence-corrected chi connectivity index (χ2v) is 41.7. The Balaban J connectivity index is 0.000000148. The number of nitriles is 1. The van der Waals surface area contributed by atoms with Crippen molar-refractivity contribution in [3.05, 3.63) is 353 Å². The normalized spacial score (nSPS) is 16.8. The topological polar surface area (TPSA) is 65.3 Å². The monoisotopic (exact) mass is 1630 g/mol. The molecule has 6 heterocycles. The van der Waals surface area contributed by atoms with E-state index in [0.717, 1.165) is 48.8 Å². The van der Waals surface area contributed by atoms with Crippen LogP contribution in [0.3, 0.4) is 0 Å². The van der Waals surface area contributed by atoms with Gasteiger partial charge >= 0.3 is 5.97 Å². The molecule has 0 spiro atoms. The number of hydrogen-bond acceptors (Lipinski definition) is 10. The van der Waals surface area contributed by atoms with E-state index in [1.165, 1.54) is 156 Å². The van der Waals surface area contributed by atoms with Gasteiger partial charge in [0.05, 0.1) is 28.6 Å². The molecule has 5 aromatic heterocycles. The summed E-state index contributed by atoms with van der Waals surface area (Å²) < 4.78 is 10.7. The number of fused-ring (bicyclic) bond motifs is 22. The Morgan fingerprint density at radius 3 is 1.10 bits per heavy atom. The number of thiophene rings is 5. The van der Waals surface area contributed by atoms with Gasteiger partial charge in [0.25, 0.3) is 11.4 Å². The minimum atomic E-state index is -0.833. The second kappa shape index (κ2) is 26.0. The van der Waals surface area contributed by atoms with Gasteiger partial charge in [0.2, 0.25) is 0 Å². The predicted molar refractivity (Wildman–Crippen MR) is 500 cm³/mol. The lowest BCUT2D eigenvalue weighted by molar-refractivity contribution is -0.144. The second-order valence-electron chi connectivity index (χ2n) is 36.3. The average Bonchev–Trinajstić information content (AvgIpc) is 1.53. The summed E-state index contributed by atoms with van der Waals surface area (Å²) in [5.41, 5.74) is 35.6. The van der Waals surface area contributed by atoms with Gasteiger partial charge < -0.3 is 14.5 Å². The third kappa shape index (κ3) is 10.8. The van der Waals surface area contributed by atoms with Gasteiger partial charge in [-0.05, 0) is 245 Å². The molecular weight excluding hydrogens is 1550 g/mol. The van der Waals surface area contributed by atoms with Gasteiger partial charge in [-0.1, -0.05) is 223 Å². The Labute approximate surface area is 715 Å². The highest BCUT2D eigenvalue weighted by Gasteiger charge is 2.46. The number of hydrogen-bond donors (Lipinski definition) is 0. The minimum Gasteiger partial charge on any atom is -0.461 e. The largest absolute Gasteiger partial charge is 0.461 e. The number of carbonyl (C=O) groups is 1. The minimum absolute atomic E-state index is 0.0688. The van der Waals surface area contributed by atoms with Gasteiger partial charge in [0.15, 0.2) is 0 Å². The summed E-state index contributed by atoms with van der Waals surface area (Å²) in [7, 11) is 0. The van der Waals surface area contributed by atoms with Crippen molar-refractivity contribution in [2.75, 3.05) is 9.80 Å². The van der Waals surface area contributed by atoms with Crippen LogP contribution in [-0.4, -0.2) is 11.6 Å². The summed E-state index contributed by atoms with van der Waals surface area (Å²) in [6.45, 7) is 47.0. The molecule has 119 heavy (non-hydrogen) atoms. The lowest BCUT2D eigenvalue weighted by Crippen LogP contribution is -2.22. The van der Waals surface area contributed by atoms with Crippen LogP contribution >= 0.6 is 56.7 Å². The maximum Gasteiger partial charge on any atom is 0.337 e. The van der Waals surface area contributed by atoms with E-state index >= 15 is 0 Å².